The summed E-state index contributed by atoms with van der Waals surface area (Å²) in [5.74, 6) is 0. The van der Waals surface area contributed by atoms with Gasteiger partial charge in [-0.3, -0.25) is 4.68 Å². The van der Waals surface area contributed by atoms with Gasteiger partial charge in [0.15, 0.2) is 0 Å². The second-order valence-electron chi connectivity index (χ2n) is 4.54. The van der Waals surface area contributed by atoms with Crippen LogP contribution in [0.4, 0.5) is 0 Å². The van der Waals surface area contributed by atoms with Gasteiger partial charge in [0, 0.05) is 30.9 Å². The van der Waals surface area contributed by atoms with Crippen molar-refractivity contribution in [3.05, 3.63) is 53.3 Å². The van der Waals surface area contributed by atoms with Gasteiger partial charge in [-0.05, 0) is 31.5 Å². The lowest BCUT2D eigenvalue weighted by atomic mass is 10.1. The number of nitriles is 1. The van der Waals surface area contributed by atoms with E-state index in [9.17, 15) is 0 Å². The summed E-state index contributed by atoms with van der Waals surface area (Å²) < 4.78 is 1.93. The van der Waals surface area contributed by atoms with Crippen LogP contribution in [0.25, 0.3) is 0 Å². The zero-order chi connectivity index (χ0) is 13.7. The van der Waals surface area contributed by atoms with Gasteiger partial charge < -0.3 is 5.32 Å². The first-order valence-corrected chi connectivity index (χ1v) is 6.47. The van der Waals surface area contributed by atoms with Crippen LogP contribution in [-0.4, -0.2) is 9.78 Å². The highest BCUT2D eigenvalue weighted by Gasteiger charge is 2.07. The Morgan fingerprint density at radius 3 is 2.68 bits per heavy atom. The fraction of sp³-hybridized carbons (Fsp3) is 0.333. The molecule has 98 valence electrons. The van der Waals surface area contributed by atoms with Crippen molar-refractivity contribution in [2.24, 2.45) is 0 Å². The first kappa shape index (κ1) is 13.3. The Morgan fingerprint density at radius 2 is 2.11 bits per heavy atom. The third-order valence-corrected chi connectivity index (χ3v) is 3.17. The number of rotatable bonds is 5. The summed E-state index contributed by atoms with van der Waals surface area (Å²) in [6.07, 6.45) is 3.97. The van der Waals surface area contributed by atoms with Gasteiger partial charge >= 0.3 is 0 Å². The average Bonchev–Trinajstić information content (AvgIpc) is 2.94. The minimum Gasteiger partial charge on any atom is -0.306 e. The van der Waals surface area contributed by atoms with E-state index in [4.69, 9.17) is 5.26 Å². The quantitative estimate of drug-likeness (QED) is 0.892. The van der Waals surface area contributed by atoms with E-state index in [-0.39, 0.29) is 6.04 Å². The third-order valence-electron chi connectivity index (χ3n) is 3.17. The molecule has 0 bridgehead atoms. The molecule has 1 N–H and O–H groups in total. The first-order chi connectivity index (χ1) is 9.22. The molecule has 0 aliphatic heterocycles. The fourth-order valence-corrected chi connectivity index (χ4v) is 1.86. The minimum atomic E-state index is 0.260. The zero-order valence-corrected chi connectivity index (χ0v) is 11.3. The van der Waals surface area contributed by atoms with Crippen molar-refractivity contribution >= 4 is 0 Å². The van der Waals surface area contributed by atoms with Gasteiger partial charge in [-0.15, -0.1) is 0 Å². The maximum Gasteiger partial charge on any atom is 0.0991 e. The molecule has 0 aliphatic rings. The maximum atomic E-state index is 8.75. The molecule has 0 fully saturated rings. The fourth-order valence-electron chi connectivity index (χ4n) is 1.86. The summed E-state index contributed by atoms with van der Waals surface area (Å²) in [7, 11) is 0. The Labute approximate surface area is 113 Å². The molecular weight excluding hydrogens is 236 g/mol. The highest BCUT2D eigenvalue weighted by atomic mass is 15.3. The molecule has 0 radical (unpaired) electrons. The summed E-state index contributed by atoms with van der Waals surface area (Å²) in [5.41, 5.74) is 3.06. The van der Waals surface area contributed by atoms with Gasteiger partial charge in [-0.25, -0.2) is 0 Å². The van der Waals surface area contributed by atoms with Crippen molar-refractivity contribution in [3.8, 4) is 6.07 Å². The van der Waals surface area contributed by atoms with E-state index in [1.165, 1.54) is 11.1 Å². The van der Waals surface area contributed by atoms with Crippen LogP contribution in [0.3, 0.4) is 0 Å². The molecule has 0 aliphatic carbocycles. The molecule has 1 aromatic heterocycles. The predicted molar refractivity (Wildman–Crippen MR) is 74.3 cm³/mol. The van der Waals surface area contributed by atoms with Gasteiger partial charge in [-0.1, -0.05) is 12.1 Å². The summed E-state index contributed by atoms with van der Waals surface area (Å²) in [6, 6.07) is 10.0. The topological polar surface area (TPSA) is 53.6 Å². The highest BCUT2D eigenvalue weighted by molar-refractivity contribution is 5.31. The molecule has 1 unspecified atom stereocenters. The van der Waals surface area contributed by atoms with Crippen molar-refractivity contribution in [1.82, 2.24) is 15.1 Å². The van der Waals surface area contributed by atoms with Gasteiger partial charge in [0.2, 0.25) is 0 Å². The lowest BCUT2D eigenvalue weighted by Crippen LogP contribution is -2.17. The largest absolute Gasteiger partial charge is 0.306 e. The molecule has 4 heteroatoms. The summed E-state index contributed by atoms with van der Waals surface area (Å²) in [5, 5.41) is 16.5. The molecule has 19 heavy (non-hydrogen) atoms. The molecule has 1 aromatic carbocycles. The minimum absolute atomic E-state index is 0.260. The average molecular weight is 254 g/mol. The Balaban J connectivity index is 1.92. The Bertz CT molecular complexity index is 563. The third kappa shape index (κ3) is 3.43. The van der Waals surface area contributed by atoms with E-state index in [1.807, 2.05) is 35.1 Å². The normalized spacial score (nSPS) is 12.1. The number of aryl methyl sites for hydroxylation is 1. The van der Waals surface area contributed by atoms with E-state index in [2.05, 4.69) is 36.5 Å². The highest BCUT2D eigenvalue weighted by Crippen LogP contribution is 2.12. The molecular formula is C15H18N4. The second kappa shape index (κ2) is 6.17. The molecule has 0 spiro atoms. The second-order valence-corrected chi connectivity index (χ2v) is 4.54. The molecule has 0 saturated heterocycles. The van der Waals surface area contributed by atoms with Crippen molar-refractivity contribution in [2.75, 3.05) is 0 Å². The molecule has 4 nitrogen and oxygen atoms in total. The van der Waals surface area contributed by atoms with Crippen molar-refractivity contribution in [3.63, 3.8) is 0 Å². The molecule has 2 rings (SSSR count). The van der Waals surface area contributed by atoms with Gasteiger partial charge in [0.1, 0.15) is 0 Å². The SMILES string of the molecule is CCn1cc(C(C)NCc2ccc(C#N)cc2)cn1. The summed E-state index contributed by atoms with van der Waals surface area (Å²) >= 11 is 0. The molecule has 0 saturated carbocycles. The summed E-state index contributed by atoms with van der Waals surface area (Å²) in [6.45, 7) is 5.87. The van der Waals surface area contributed by atoms with Crippen molar-refractivity contribution in [1.29, 1.82) is 5.26 Å². The van der Waals surface area contributed by atoms with Crippen molar-refractivity contribution in [2.45, 2.75) is 33.0 Å². The van der Waals surface area contributed by atoms with Crippen LogP contribution in [0.15, 0.2) is 36.7 Å². The number of nitrogens with zero attached hydrogens (tertiary/aromatic N) is 3. The first-order valence-electron chi connectivity index (χ1n) is 6.47. The van der Waals surface area contributed by atoms with Crippen LogP contribution < -0.4 is 5.32 Å². The monoisotopic (exact) mass is 254 g/mol. The van der Waals surface area contributed by atoms with E-state index < -0.39 is 0 Å². The zero-order valence-electron chi connectivity index (χ0n) is 11.3. The van der Waals surface area contributed by atoms with E-state index >= 15 is 0 Å². The molecule has 0 amide bonds. The van der Waals surface area contributed by atoms with Crippen LogP contribution >= 0.6 is 0 Å². The van der Waals surface area contributed by atoms with E-state index in [1.54, 1.807) is 0 Å². The lowest BCUT2D eigenvalue weighted by Gasteiger charge is -2.12. The number of nitrogens with one attached hydrogen (secondary N) is 1. The molecule has 1 heterocycles. The van der Waals surface area contributed by atoms with Crippen LogP contribution in [0.1, 0.15) is 36.6 Å². The van der Waals surface area contributed by atoms with Gasteiger partial charge in [0.25, 0.3) is 0 Å². The maximum absolute atomic E-state index is 8.75. The van der Waals surface area contributed by atoms with Crippen LogP contribution in [0.2, 0.25) is 0 Å². The van der Waals surface area contributed by atoms with E-state index in [0.717, 1.165) is 13.1 Å². The molecule has 2 aromatic rings. The number of hydrogen-bond donors (Lipinski definition) is 1. The van der Waals surface area contributed by atoms with E-state index in [0.29, 0.717) is 5.56 Å². The Kier molecular flexibility index (Phi) is 4.32. The Morgan fingerprint density at radius 1 is 1.37 bits per heavy atom. The van der Waals surface area contributed by atoms with Gasteiger partial charge in [0.05, 0.1) is 17.8 Å². The van der Waals surface area contributed by atoms with Crippen LogP contribution in [0.5, 0.6) is 0 Å². The number of benzene rings is 1. The smallest absolute Gasteiger partial charge is 0.0991 e. The van der Waals surface area contributed by atoms with Crippen LogP contribution in [-0.2, 0) is 13.1 Å². The van der Waals surface area contributed by atoms with Crippen molar-refractivity contribution < 1.29 is 0 Å². The summed E-state index contributed by atoms with van der Waals surface area (Å²) in [4.78, 5) is 0. The molecule has 1 atom stereocenters. The Hall–Kier alpha value is -2.12. The van der Waals surface area contributed by atoms with Crippen LogP contribution in [0, 0.1) is 11.3 Å². The predicted octanol–water partition coefficient (Wildman–Crippen LogP) is 2.63. The number of hydrogen-bond acceptors (Lipinski definition) is 3. The standard InChI is InChI=1S/C15H18N4/c1-3-19-11-15(10-18-19)12(2)17-9-14-6-4-13(8-16)5-7-14/h4-7,10-12,17H,3,9H2,1-2H3. The lowest BCUT2D eigenvalue weighted by molar-refractivity contribution is 0.573. The number of aromatic nitrogens is 2. The van der Waals surface area contributed by atoms with Gasteiger partial charge in [-0.2, -0.15) is 10.4 Å².